The van der Waals surface area contributed by atoms with E-state index < -0.39 is 0 Å². The van der Waals surface area contributed by atoms with Crippen molar-refractivity contribution in [2.24, 2.45) is 5.92 Å². The Morgan fingerprint density at radius 1 is 1.07 bits per heavy atom. The summed E-state index contributed by atoms with van der Waals surface area (Å²) < 4.78 is 7.24. The van der Waals surface area contributed by atoms with Gasteiger partial charge in [-0.1, -0.05) is 47.1 Å². The zero-order valence-electron chi connectivity index (χ0n) is 15.6. The summed E-state index contributed by atoms with van der Waals surface area (Å²) in [7, 11) is 0. The van der Waals surface area contributed by atoms with Crippen LogP contribution >= 0.6 is 0 Å². The van der Waals surface area contributed by atoms with Gasteiger partial charge in [-0.05, 0) is 25.7 Å². The molecule has 0 bridgehead atoms. The highest BCUT2D eigenvalue weighted by Crippen LogP contribution is 2.31. The van der Waals surface area contributed by atoms with Crippen molar-refractivity contribution in [1.29, 1.82) is 0 Å². The number of carbonyl (C=O) groups excluding carboxylic acids is 1. The van der Waals surface area contributed by atoms with Crippen molar-refractivity contribution in [3.05, 3.63) is 36.5 Å². The second-order valence-corrected chi connectivity index (χ2v) is 7.56. The molecule has 0 unspecified atom stereocenters. The SMILES string of the molecule is O=C(C1CCC1)N1CCC(n2cc(-c3nc(-c4ccccc4)no3)nn2)CC1. The monoisotopic (exact) mass is 378 g/mol. The van der Waals surface area contributed by atoms with Gasteiger partial charge in [-0.2, -0.15) is 4.98 Å². The maximum Gasteiger partial charge on any atom is 0.280 e. The van der Waals surface area contributed by atoms with Crippen LogP contribution in [0.25, 0.3) is 23.0 Å². The van der Waals surface area contributed by atoms with Gasteiger partial charge in [0.1, 0.15) is 0 Å². The van der Waals surface area contributed by atoms with Crippen molar-refractivity contribution in [3.8, 4) is 23.0 Å². The Kier molecular flexibility index (Phi) is 4.38. The molecule has 3 heterocycles. The van der Waals surface area contributed by atoms with Crippen LogP contribution < -0.4 is 0 Å². The lowest BCUT2D eigenvalue weighted by Gasteiger charge is -2.36. The summed E-state index contributed by atoms with van der Waals surface area (Å²) in [6.45, 7) is 1.57. The highest BCUT2D eigenvalue weighted by Gasteiger charge is 2.32. The zero-order valence-corrected chi connectivity index (χ0v) is 15.6. The lowest BCUT2D eigenvalue weighted by Crippen LogP contribution is -2.43. The van der Waals surface area contributed by atoms with E-state index >= 15 is 0 Å². The van der Waals surface area contributed by atoms with E-state index in [1.165, 1.54) is 6.42 Å². The molecule has 1 saturated heterocycles. The van der Waals surface area contributed by atoms with Crippen molar-refractivity contribution >= 4 is 5.91 Å². The summed E-state index contributed by atoms with van der Waals surface area (Å²) in [6, 6.07) is 9.92. The van der Waals surface area contributed by atoms with Crippen LogP contribution in [-0.4, -0.2) is 49.0 Å². The molecule has 1 aromatic carbocycles. The van der Waals surface area contributed by atoms with Crippen molar-refractivity contribution in [2.45, 2.75) is 38.1 Å². The van der Waals surface area contributed by atoms with Crippen LogP contribution in [0.5, 0.6) is 0 Å². The van der Waals surface area contributed by atoms with E-state index in [-0.39, 0.29) is 12.0 Å². The highest BCUT2D eigenvalue weighted by molar-refractivity contribution is 5.79. The molecule has 0 radical (unpaired) electrons. The van der Waals surface area contributed by atoms with Gasteiger partial charge in [0.25, 0.3) is 5.89 Å². The summed E-state index contributed by atoms with van der Waals surface area (Å²) in [4.78, 5) is 18.8. The molecule has 144 valence electrons. The minimum Gasteiger partial charge on any atom is -0.342 e. The first-order chi connectivity index (χ1) is 13.8. The van der Waals surface area contributed by atoms with E-state index in [4.69, 9.17) is 4.52 Å². The molecule has 2 fully saturated rings. The number of aromatic nitrogens is 5. The van der Waals surface area contributed by atoms with Crippen molar-refractivity contribution in [2.75, 3.05) is 13.1 Å². The molecule has 1 amide bonds. The minimum absolute atomic E-state index is 0.239. The third-order valence-electron chi connectivity index (χ3n) is 5.79. The van der Waals surface area contributed by atoms with Crippen LogP contribution in [0.3, 0.4) is 0 Å². The fourth-order valence-corrected chi connectivity index (χ4v) is 3.85. The van der Waals surface area contributed by atoms with Crippen LogP contribution in [0.4, 0.5) is 0 Å². The number of benzene rings is 1. The van der Waals surface area contributed by atoms with Crippen LogP contribution in [0.15, 0.2) is 41.1 Å². The Hall–Kier alpha value is -3.03. The number of hydrogen-bond acceptors (Lipinski definition) is 6. The summed E-state index contributed by atoms with van der Waals surface area (Å²) in [5.41, 5.74) is 1.47. The molecule has 1 aliphatic heterocycles. The topological polar surface area (TPSA) is 89.9 Å². The van der Waals surface area contributed by atoms with Crippen LogP contribution in [0, 0.1) is 5.92 Å². The van der Waals surface area contributed by atoms with Gasteiger partial charge in [0, 0.05) is 24.6 Å². The maximum atomic E-state index is 12.4. The average Bonchev–Trinajstić information content (AvgIpc) is 3.37. The second-order valence-electron chi connectivity index (χ2n) is 7.56. The Morgan fingerprint density at radius 2 is 1.86 bits per heavy atom. The molecule has 2 aromatic heterocycles. The van der Waals surface area contributed by atoms with Gasteiger partial charge in [-0.15, -0.1) is 5.10 Å². The van der Waals surface area contributed by atoms with Crippen molar-refractivity contribution in [1.82, 2.24) is 30.0 Å². The molecule has 3 aromatic rings. The van der Waals surface area contributed by atoms with Crippen molar-refractivity contribution in [3.63, 3.8) is 0 Å². The van der Waals surface area contributed by atoms with Crippen LogP contribution in [0.2, 0.25) is 0 Å². The van der Waals surface area contributed by atoms with Gasteiger partial charge < -0.3 is 9.42 Å². The largest absolute Gasteiger partial charge is 0.342 e. The first kappa shape index (κ1) is 17.1. The summed E-state index contributed by atoms with van der Waals surface area (Å²) in [5.74, 6) is 1.50. The molecule has 8 heteroatoms. The average molecular weight is 378 g/mol. The zero-order chi connectivity index (χ0) is 18.9. The number of hydrogen-bond donors (Lipinski definition) is 0. The van der Waals surface area contributed by atoms with Gasteiger partial charge >= 0.3 is 0 Å². The normalized spacial score (nSPS) is 18.2. The van der Waals surface area contributed by atoms with Gasteiger partial charge in [0.2, 0.25) is 11.7 Å². The number of likely N-dealkylation sites (tertiary alicyclic amines) is 1. The van der Waals surface area contributed by atoms with Crippen LogP contribution in [0.1, 0.15) is 38.1 Å². The molecule has 28 heavy (non-hydrogen) atoms. The van der Waals surface area contributed by atoms with Gasteiger partial charge in [-0.3, -0.25) is 4.79 Å². The second kappa shape index (κ2) is 7.18. The molecule has 1 aliphatic carbocycles. The molecular formula is C20H22N6O2. The Bertz CT molecular complexity index is 954. The molecule has 2 aliphatic rings. The quantitative estimate of drug-likeness (QED) is 0.693. The molecule has 0 spiro atoms. The minimum atomic E-state index is 0.239. The van der Waals surface area contributed by atoms with E-state index in [1.54, 1.807) is 0 Å². The first-order valence-corrected chi connectivity index (χ1v) is 9.88. The van der Waals surface area contributed by atoms with Gasteiger partial charge in [-0.25, -0.2) is 4.68 Å². The van der Waals surface area contributed by atoms with E-state index in [1.807, 2.05) is 46.1 Å². The predicted octanol–water partition coefficient (Wildman–Crippen LogP) is 2.96. The van der Waals surface area contributed by atoms with E-state index in [2.05, 4.69) is 20.5 Å². The predicted molar refractivity (Wildman–Crippen MR) is 101 cm³/mol. The number of piperidine rings is 1. The van der Waals surface area contributed by atoms with E-state index in [0.717, 1.165) is 44.3 Å². The molecule has 0 N–H and O–H groups in total. The standard InChI is InChI=1S/C20H22N6O2/c27-20(15-7-4-8-15)25-11-9-16(10-12-25)26-13-17(22-24-26)19-21-18(23-28-19)14-5-2-1-3-6-14/h1-3,5-6,13,15-16H,4,7-12H2. The number of amides is 1. The lowest BCUT2D eigenvalue weighted by atomic mass is 9.84. The van der Waals surface area contributed by atoms with Gasteiger partial charge in [0.05, 0.1) is 12.2 Å². The summed E-state index contributed by atoms with van der Waals surface area (Å²) >= 11 is 0. The first-order valence-electron chi connectivity index (χ1n) is 9.88. The van der Waals surface area contributed by atoms with E-state index in [9.17, 15) is 4.79 Å². The molecule has 0 atom stereocenters. The number of rotatable bonds is 4. The smallest absolute Gasteiger partial charge is 0.280 e. The number of carbonyl (C=O) groups is 1. The van der Waals surface area contributed by atoms with Gasteiger partial charge in [0.15, 0.2) is 5.69 Å². The lowest BCUT2D eigenvalue weighted by molar-refractivity contribution is -0.139. The number of nitrogens with zero attached hydrogens (tertiary/aromatic N) is 6. The summed E-state index contributed by atoms with van der Waals surface area (Å²) in [5, 5.41) is 12.5. The fourth-order valence-electron chi connectivity index (χ4n) is 3.85. The summed E-state index contributed by atoms with van der Waals surface area (Å²) in [6.07, 6.45) is 6.94. The maximum absolute atomic E-state index is 12.4. The molecule has 5 rings (SSSR count). The molecule has 8 nitrogen and oxygen atoms in total. The van der Waals surface area contributed by atoms with E-state index in [0.29, 0.717) is 23.3 Å². The highest BCUT2D eigenvalue weighted by atomic mass is 16.5. The fraction of sp³-hybridized carbons (Fsp3) is 0.450. The third kappa shape index (κ3) is 3.19. The Labute approximate surface area is 162 Å². The molecule has 1 saturated carbocycles. The van der Waals surface area contributed by atoms with Crippen LogP contribution in [-0.2, 0) is 4.79 Å². The van der Waals surface area contributed by atoms with Crippen molar-refractivity contribution < 1.29 is 9.32 Å². The third-order valence-corrected chi connectivity index (χ3v) is 5.79. The Morgan fingerprint density at radius 3 is 2.57 bits per heavy atom. The Balaban J connectivity index is 1.24. The molecular weight excluding hydrogens is 356 g/mol.